The highest BCUT2D eigenvalue weighted by Crippen LogP contribution is 2.17. The van der Waals surface area contributed by atoms with E-state index in [0.29, 0.717) is 23.1 Å². The Morgan fingerprint density at radius 1 is 1.07 bits per heavy atom. The number of ether oxygens (including phenoxy) is 1. The van der Waals surface area contributed by atoms with Crippen molar-refractivity contribution in [3.05, 3.63) is 82.9 Å². The minimum atomic E-state index is -0.296. The Kier molecular flexibility index (Phi) is 5.80. The number of nitrogens with one attached hydrogen (secondary N) is 1. The van der Waals surface area contributed by atoms with Crippen molar-refractivity contribution in [2.45, 2.75) is 11.7 Å². The third-order valence-electron chi connectivity index (χ3n) is 4.45. The second-order valence-corrected chi connectivity index (χ2v) is 7.34. The largest absolute Gasteiger partial charge is 0.497 e. The number of rotatable bonds is 7. The van der Waals surface area contributed by atoms with Crippen LogP contribution in [0.5, 0.6) is 5.75 Å². The summed E-state index contributed by atoms with van der Waals surface area (Å²) in [4.78, 5) is 25.0. The molecule has 0 aliphatic heterocycles. The third kappa shape index (κ3) is 4.20. The van der Waals surface area contributed by atoms with Crippen molar-refractivity contribution in [1.29, 1.82) is 0 Å². The first kappa shape index (κ1) is 19.7. The van der Waals surface area contributed by atoms with Gasteiger partial charge in [0.05, 0.1) is 12.9 Å². The summed E-state index contributed by atoms with van der Waals surface area (Å²) in [5, 5.41) is 11.4. The second kappa shape index (κ2) is 8.83. The summed E-state index contributed by atoms with van der Waals surface area (Å²) in [6, 6.07) is 16.8. The van der Waals surface area contributed by atoms with Crippen LogP contribution in [0.4, 0.5) is 0 Å². The number of hydrogen-bond donors (Lipinski definition) is 1. The zero-order valence-electron chi connectivity index (χ0n) is 16.2. The zero-order valence-corrected chi connectivity index (χ0v) is 17.0. The molecule has 0 atom stereocenters. The van der Waals surface area contributed by atoms with Crippen molar-refractivity contribution in [1.82, 2.24) is 24.5 Å². The van der Waals surface area contributed by atoms with Crippen LogP contribution in [0.3, 0.4) is 0 Å². The molecule has 1 amide bonds. The Bertz CT molecular complexity index is 1220. The Hall–Kier alpha value is -3.59. The summed E-state index contributed by atoms with van der Waals surface area (Å²) >= 11 is 1.23. The van der Waals surface area contributed by atoms with Gasteiger partial charge < -0.3 is 10.1 Å². The molecule has 0 spiro atoms. The first-order valence-electron chi connectivity index (χ1n) is 9.20. The summed E-state index contributed by atoms with van der Waals surface area (Å²) in [5.74, 6) is 0.765. The van der Waals surface area contributed by atoms with Crippen molar-refractivity contribution in [3.63, 3.8) is 0 Å². The van der Waals surface area contributed by atoms with Gasteiger partial charge in [0, 0.05) is 24.6 Å². The molecule has 0 bridgehead atoms. The first-order valence-corrected chi connectivity index (χ1v) is 10.2. The maximum Gasteiger partial charge on any atom is 0.300 e. The van der Waals surface area contributed by atoms with E-state index < -0.39 is 0 Å². The SMILES string of the molecule is COc1ccc(-n2ccn3c(SCC(=O)NCc4ccccc4)nnc3c2=O)cc1. The van der Waals surface area contributed by atoms with E-state index in [1.165, 1.54) is 16.3 Å². The molecule has 30 heavy (non-hydrogen) atoms. The lowest BCUT2D eigenvalue weighted by Crippen LogP contribution is -2.24. The quantitative estimate of drug-likeness (QED) is 0.461. The summed E-state index contributed by atoms with van der Waals surface area (Å²) in [6.45, 7) is 0.466. The van der Waals surface area contributed by atoms with Crippen LogP contribution in [0.25, 0.3) is 11.3 Å². The van der Waals surface area contributed by atoms with Crippen molar-refractivity contribution < 1.29 is 9.53 Å². The van der Waals surface area contributed by atoms with Gasteiger partial charge in [-0.05, 0) is 29.8 Å². The molecule has 4 rings (SSSR count). The maximum atomic E-state index is 12.8. The van der Waals surface area contributed by atoms with Gasteiger partial charge in [0.1, 0.15) is 5.75 Å². The summed E-state index contributed by atoms with van der Waals surface area (Å²) < 4.78 is 8.23. The second-order valence-electron chi connectivity index (χ2n) is 6.40. The van der Waals surface area contributed by atoms with Crippen LogP contribution in [-0.4, -0.2) is 37.9 Å². The number of carbonyl (C=O) groups excluding carboxylic acids is 1. The number of hydrogen-bond acceptors (Lipinski definition) is 6. The lowest BCUT2D eigenvalue weighted by atomic mass is 10.2. The average molecular weight is 421 g/mol. The molecule has 152 valence electrons. The van der Waals surface area contributed by atoms with Gasteiger partial charge >= 0.3 is 5.56 Å². The Morgan fingerprint density at radius 2 is 1.83 bits per heavy atom. The summed E-state index contributed by atoms with van der Waals surface area (Å²) in [7, 11) is 1.59. The predicted octanol–water partition coefficient (Wildman–Crippen LogP) is 2.30. The van der Waals surface area contributed by atoms with E-state index in [-0.39, 0.29) is 22.9 Å². The van der Waals surface area contributed by atoms with Crippen molar-refractivity contribution in [2.24, 2.45) is 0 Å². The van der Waals surface area contributed by atoms with Crippen LogP contribution in [-0.2, 0) is 11.3 Å². The first-order chi connectivity index (χ1) is 14.7. The topological polar surface area (TPSA) is 90.5 Å². The molecule has 2 heterocycles. The lowest BCUT2D eigenvalue weighted by Gasteiger charge is -2.07. The Labute approximate surface area is 176 Å². The fraction of sp³-hybridized carbons (Fsp3) is 0.143. The third-order valence-corrected chi connectivity index (χ3v) is 5.40. The van der Waals surface area contributed by atoms with Crippen LogP contribution in [0.15, 0.2) is 76.9 Å². The molecule has 1 N–H and O–H groups in total. The van der Waals surface area contributed by atoms with E-state index in [4.69, 9.17) is 4.74 Å². The average Bonchev–Trinajstić information content (AvgIpc) is 3.21. The summed E-state index contributed by atoms with van der Waals surface area (Å²) in [6.07, 6.45) is 3.37. The molecule has 0 aliphatic rings. The van der Waals surface area contributed by atoms with E-state index in [1.807, 2.05) is 30.3 Å². The smallest absolute Gasteiger partial charge is 0.300 e. The van der Waals surface area contributed by atoms with Gasteiger partial charge in [0.25, 0.3) is 0 Å². The van der Waals surface area contributed by atoms with Crippen LogP contribution >= 0.6 is 11.8 Å². The molecule has 8 nitrogen and oxygen atoms in total. The van der Waals surface area contributed by atoms with Gasteiger partial charge in [0.2, 0.25) is 11.6 Å². The molecular weight excluding hydrogens is 402 g/mol. The van der Waals surface area contributed by atoms with Crippen molar-refractivity contribution in [3.8, 4) is 11.4 Å². The molecule has 0 unspecified atom stereocenters. The van der Waals surface area contributed by atoms with E-state index in [2.05, 4.69) is 15.5 Å². The molecule has 0 fully saturated rings. The number of carbonyl (C=O) groups is 1. The highest BCUT2D eigenvalue weighted by Gasteiger charge is 2.13. The fourth-order valence-corrected chi connectivity index (χ4v) is 3.64. The Morgan fingerprint density at radius 3 is 2.57 bits per heavy atom. The number of methoxy groups -OCH3 is 1. The van der Waals surface area contributed by atoms with Crippen LogP contribution < -0.4 is 15.6 Å². The lowest BCUT2D eigenvalue weighted by molar-refractivity contribution is -0.118. The van der Waals surface area contributed by atoms with Gasteiger partial charge in [0.15, 0.2) is 5.16 Å². The molecule has 0 saturated carbocycles. The van der Waals surface area contributed by atoms with E-state index in [9.17, 15) is 9.59 Å². The van der Waals surface area contributed by atoms with Gasteiger partial charge in [-0.3, -0.25) is 18.6 Å². The van der Waals surface area contributed by atoms with Gasteiger partial charge in [-0.1, -0.05) is 42.1 Å². The normalized spacial score (nSPS) is 10.8. The molecule has 0 saturated heterocycles. The van der Waals surface area contributed by atoms with Gasteiger partial charge in [-0.25, -0.2) is 0 Å². The van der Waals surface area contributed by atoms with Crippen LogP contribution in [0, 0.1) is 0 Å². The standard InChI is InChI=1S/C21H19N5O3S/c1-29-17-9-7-16(8-10-17)25-11-12-26-19(20(25)28)23-24-21(26)30-14-18(27)22-13-15-5-3-2-4-6-15/h2-12H,13-14H2,1H3,(H,22,27). The molecule has 2 aromatic heterocycles. The van der Waals surface area contributed by atoms with E-state index in [1.54, 1.807) is 48.2 Å². The van der Waals surface area contributed by atoms with Crippen LogP contribution in [0.1, 0.15) is 5.56 Å². The monoisotopic (exact) mass is 421 g/mol. The van der Waals surface area contributed by atoms with Crippen molar-refractivity contribution >= 4 is 23.3 Å². The molecule has 0 aliphatic carbocycles. The maximum absolute atomic E-state index is 12.8. The molecule has 2 aromatic carbocycles. The molecule has 9 heteroatoms. The van der Waals surface area contributed by atoms with Gasteiger partial charge in [-0.2, -0.15) is 0 Å². The predicted molar refractivity (Wildman–Crippen MR) is 114 cm³/mol. The number of thioether (sulfide) groups is 1. The molecular formula is C21H19N5O3S. The highest BCUT2D eigenvalue weighted by atomic mass is 32.2. The highest BCUT2D eigenvalue weighted by molar-refractivity contribution is 7.99. The van der Waals surface area contributed by atoms with Gasteiger partial charge in [-0.15, -0.1) is 10.2 Å². The minimum Gasteiger partial charge on any atom is -0.497 e. The Balaban J connectivity index is 1.46. The number of nitrogens with zero attached hydrogens (tertiary/aromatic N) is 4. The number of aromatic nitrogens is 4. The fourth-order valence-electron chi connectivity index (χ4n) is 2.89. The van der Waals surface area contributed by atoms with Crippen molar-refractivity contribution in [2.75, 3.05) is 12.9 Å². The minimum absolute atomic E-state index is 0.118. The molecule has 4 aromatic rings. The summed E-state index contributed by atoms with van der Waals surface area (Å²) in [5.41, 5.74) is 1.62. The number of amides is 1. The zero-order chi connectivity index (χ0) is 20.9. The number of benzene rings is 2. The van der Waals surface area contributed by atoms with E-state index in [0.717, 1.165) is 5.56 Å². The number of fused-ring (bicyclic) bond motifs is 1. The van der Waals surface area contributed by atoms with E-state index >= 15 is 0 Å². The van der Waals surface area contributed by atoms with Crippen LogP contribution in [0.2, 0.25) is 0 Å². The molecule has 0 radical (unpaired) electrons.